The number of methoxy groups -OCH3 is 1. The van der Waals surface area contributed by atoms with Crippen molar-refractivity contribution >= 4 is 11.4 Å². The summed E-state index contributed by atoms with van der Waals surface area (Å²) in [4.78, 5) is 17.3. The summed E-state index contributed by atoms with van der Waals surface area (Å²) in [6.07, 6.45) is 6.54. The number of carbonyl (C=O) groups excluding carboxylic acids is 1. The zero-order valence-corrected chi connectivity index (χ0v) is 20.0. The Morgan fingerprint density at radius 1 is 1.25 bits per heavy atom. The first-order chi connectivity index (χ1) is 17.4. The molecular weight excluding hydrogens is 472 g/mol. The Kier molecular flexibility index (Phi) is 7.06. The smallest absolute Gasteiger partial charge is 0.387 e. The van der Waals surface area contributed by atoms with Crippen LogP contribution >= 0.6 is 0 Å². The van der Waals surface area contributed by atoms with Crippen molar-refractivity contribution in [3.05, 3.63) is 42.2 Å². The van der Waals surface area contributed by atoms with Gasteiger partial charge in [-0.15, -0.1) is 0 Å². The van der Waals surface area contributed by atoms with Crippen LogP contribution in [0.5, 0.6) is 17.2 Å². The first-order valence-electron chi connectivity index (χ1n) is 12.1. The van der Waals surface area contributed by atoms with Gasteiger partial charge < -0.3 is 24.7 Å². The lowest BCUT2D eigenvalue weighted by Crippen LogP contribution is -2.36. The highest BCUT2D eigenvalue weighted by atomic mass is 19.3. The van der Waals surface area contributed by atoms with Crippen molar-refractivity contribution in [1.29, 1.82) is 0 Å². The number of nitrogens with two attached hydrogens (primary N) is 1. The molecule has 2 N–H and O–H groups in total. The van der Waals surface area contributed by atoms with Gasteiger partial charge in [-0.2, -0.15) is 8.78 Å². The summed E-state index contributed by atoms with van der Waals surface area (Å²) in [6.45, 7) is -1.34. The highest BCUT2D eigenvalue weighted by Crippen LogP contribution is 2.40. The summed E-state index contributed by atoms with van der Waals surface area (Å²) >= 11 is 0. The Balaban J connectivity index is 1.42. The van der Waals surface area contributed by atoms with Crippen molar-refractivity contribution in [2.24, 2.45) is 17.6 Å². The molecule has 3 heterocycles. The number of fused-ring (bicyclic) bond motifs is 1. The molecule has 5 rings (SSSR count). The van der Waals surface area contributed by atoms with Gasteiger partial charge in [-0.25, -0.2) is 4.98 Å². The van der Waals surface area contributed by atoms with Crippen molar-refractivity contribution in [2.45, 2.75) is 38.3 Å². The topological polar surface area (TPSA) is 97.3 Å². The van der Waals surface area contributed by atoms with Gasteiger partial charge in [0.05, 0.1) is 25.6 Å². The van der Waals surface area contributed by atoms with E-state index in [1.54, 1.807) is 35.0 Å². The second-order valence-corrected chi connectivity index (χ2v) is 9.33. The zero-order chi connectivity index (χ0) is 25.2. The average molecular weight is 502 g/mol. The molecule has 1 aliphatic carbocycles. The lowest BCUT2D eigenvalue weighted by molar-refractivity contribution is -0.0502. The average Bonchev–Trinajstić information content (AvgIpc) is 3.32. The second kappa shape index (κ2) is 10.4. The van der Waals surface area contributed by atoms with Gasteiger partial charge in [-0.05, 0) is 43.4 Å². The van der Waals surface area contributed by atoms with Gasteiger partial charge >= 0.3 is 6.61 Å². The van der Waals surface area contributed by atoms with Gasteiger partial charge in [0.15, 0.2) is 5.78 Å². The number of nitrogens with zero attached hydrogens (tertiary/aromatic N) is 2. The van der Waals surface area contributed by atoms with Crippen LogP contribution in [0.4, 0.5) is 8.78 Å². The molecular formula is C26H29F2N3O5. The fourth-order valence-electron chi connectivity index (χ4n) is 4.53. The number of Topliss-reactive ketones (excluding diaryl/α,β-unsaturated/α-hetero) is 1. The number of benzene rings is 1. The van der Waals surface area contributed by atoms with Gasteiger partial charge in [0.25, 0.3) is 0 Å². The number of halogens is 2. The molecule has 1 aromatic carbocycles. The van der Waals surface area contributed by atoms with E-state index in [4.69, 9.17) is 24.7 Å². The van der Waals surface area contributed by atoms with Crippen LogP contribution in [0.1, 0.15) is 36.0 Å². The van der Waals surface area contributed by atoms with E-state index >= 15 is 0 Å². The van der Waals surface area contributed by atoms with E-state index in [1.165, 1.54) is 13.2 Å². The van der Waals surface area contributed by atoms with E-state index in [0.29, 0.717) is 35.9 Å². The van der Waals surface area contributed by atoms with Gasteiger partial charge in [0, 0.05) is 42.8 Å². The molecule has 1 aliphatic heterocycles. The number of hydrogen-bond donors (Lipinski definition) is 1. The highest BCUT2D eigenvalue weighted by molar-refractivity contribution is 6.02. The highest BCUT2D eigenvalue weighted by Gasteiger charge is 2.30. The quantitative estimate of drug-likeness (QED) is 0.391. The van der Waals surface area contributed by atoms with E-state index < -0.39 is 6.61 Å². The number of rotatable bonds is 11. The van der Waals surface area contributed by atoms with Gasteiger partial charge in [-0.3, -0.25) is 9.20 Å². The maximum Gasteiger partial charge on any atom is 0.387 e. The van der Waals surface area contributed by atoms with Gasteiger partial charge in [-0.1, -0.05) is 0 Å². The molecule has 0 bridgehead atoms. The summed E-state index contributed by atoms with van der Waals surface area (Å²) in [5.41, 5.74) is 8.02. The molecule has 8 nitrogen and oxygen atoms in total. The molecule has 2 unspecified atom stereocenters. The fourth-order valence-corrected chi connectivity index (χ4v) is 4.53. The van der Waals surface area contributed by atoms with Crippen LogP contribution in [-0.4, -0.2) is 54.8 Å². The molecule has 10 heteroatoms. The first-order valence-corrected chi connectivity index (χ1v) is 12.1. The summed E-state index contributed by atoms with van der Waals surface area (Å²) in [5.74, 6) is 0.912. The van der Waals surface area contributed by atoms with Crippen LogP contribution in [0, 0.1) is 11.8 Å². The standard InChI is InChI=1S/C26H29F2N3O5/c1-33-22-9-17(10-23(36-26(27)28)25(22)21(32)8-15-2-3-15)20-12-30-24-11-18(4-6-31(20)24)35-14-19(29)16-5-7-34-13-16/h4,6,9-12,15-16,19,26H,2-3,5,7-8,13-14,29H2,1H3. The molecule has 0 spiro atoms. The van der Waals surface area contributed by atoms with Crippen molar-refractivity contribution in [3.63, 3.8) is 0 Å². The second-order valence-electron chi connectivity index (χ2n) is 9.33. The summed E-state index contributed by atoms with van der Waals surface area (Å²) in [5, 5.41) is 0. The zero-order valence-electron chi connectivity index (χ0n) is 20.0. The van der Waals surface area contributed by atoms with E-state index in [9.17, 15) is 13.6 Å². The molecule has 2 aliphatic rings. The molecule has 3 aromatic rings. The third kappa shape index (κ3) is 5.29. The van der Waals surface area contributed by atoms with Crippen LogP contribution < -0.4 is 19.9 Å². The van der Waals surface area contributed by atoms with E-state index in [1.807, 2.05) is 0 Å². The molecule has 0 radical (unpaired) electrons. The maximum absolute atomic E-state index is 13.3. The third-order valence-corrected chi connectivity index (χ3v) is 6.75. The van der Waals surface area contributed by atoms with Crippen molar-refractivity contribution < 1.29 is 32.5 Å². The number of ether oxygens (including phenoxy) is 4. The number of alkyl halides is 2. The molecule has 2 aromatic heterocycles. The number of carbonyl (C=O) groups is 1. The Hall–Kier alpha value is -3.24. The fraction of sp³-hybridized carbons (Fsp3) is 0.462. The van der Waals surface area contributed by atoms with E-state index in [-0.39, 0.29) is 47.1 Å². The van der Waals surface area contributed by atoms with Crippen molar-refractivity contribution in [2.75, 3.05) is 26.9 Å². The minimum Gasteiger partial charge on any atom is -0.496 e. The molecule has 2 atom stereocenters. The lowest BCUT2D eigenvalue weighted by atomic mass is 10.00. The Morgan fingerprint density at radius 3 is 2.75 bits per heavy atom. The van der Waals surface area contributed by atoms with Crippen molar-refractivity contribution in [3.8, 4) is 28.5 Å². The van der Waals surface area contributed by atoms with Crippen LogP contribution in [0.2, 0.25) is 0 Å². The number of ketones is 1. The van der Waals surface area contributed by atoms with Crippen molar-refractivity contribution in [1.82, 2.24) is 9.38 Å². The van der Waals surface area contributed by atoms with E-state index in [2.05, 4.69) is 4.98 Å². The summed E-state index contributed by atoms with van der Waals surface area (Å²) in [6, 6.07) is 6.53. The molecule has 1 saturated carbocycles. The van der Waals surface area contributed by atoms with Gasteiger partial charge in [0.2, 0.25) is 0 Å². The minimum atomic E-state index is -3.08. The predicted octanol–water partition coefficient (Wildman–Crippen LogP) is 4.34. The Morgan fingerprint density at radius 2 is 2.06 bits per heavy atom. The van der Waals surface area contributed by atoms with Crippen LogP contribution in [0.3, 0.4) is 0 Å². The Bertz CT molecular complexity index is 1240. The minimum absolute atomic E-state index is 0.0435. The summed E-state index contributed by atoms with van der Waals surface area (Å²) < 4.78 is 49.8. The number of aromatic nitrogens is 2. The largest absolute Gasteiger partial charge is 0.496 e. The lowest BCUT2D eigenvalue weighted by Gasteiger charge is -2.18. The molecule has 1 saturated heterocycles. The van der Waals surface area contributed by atoms with Gasteiger partial charge in [0.1, 0.15) is 35.1 Å². The normalized spacial score (nSPS) is 18.5. The molecule has 36 heavy (non-hydrogen) atoms. The monoisotopic (exact) mass is 501 g/mol. The third-order valence-electron chi connectivity index (χ3n) is 6.75. The number of imidazole rings is 1. The Labute approximate surface area is 207 Å². The predicted molar refractivity (Wildman–Crippen MR) is 128 cm³/mol. The number of hydrogen-bond acceptors (Lipinski definition) is 7. The number of pyridine rings is 1. The SMILES string of the molecule is COc1cc(-c2cnc3cc(OCC(N)C4CCOC4)ccn23)cc(OC(F)F)c1C(=O)CC1CC1. The van der Waals surface area contributed by atoms with Crippen LogP contribution in [0.15, 0.2) is 36.7 Å². The maximum atomic E-state index is 13.3. The first kappa shape index (κ1) is 24.5. The van der Waals surface area contributed by atoms with Crippen LogP contribution in [-0.2, 0) is 4.74 Å². The van der Waals surface area contributed by atoms with Crippen LogP contribution in [0.25, 0.3) is 16.9 Å². The molecule has 2 fully saturated rings. The summed E-state index contributed by atoms with van der Waals surface area (Å²) in [7, 11) is 1.40. The molecule has 0 amide bonds. The molecule has 192 valence electrons. The van der Waals surface area contributed by atoms with E-state index in [0.717, 1.165) is 25.9 Å².